The molecular weight excluding hydrogens is 252 g/mol. The van der Waals surface area contributed by atoms with E-state index in [1.165, 1.54) is 11.3 Å². The number of hydrogen-bond donors (Lipinski definition) is 2. The molecule has 0 aliphatic heterocycles. The van der Waals surface area contributed by atoms with Crippen LogP contribution in [0.3, 0.4) is 0 Å². The number of amides is 2. The maximum atomic E-state index is 11.6. The number of carbonyl (C=O) groups is 2. The Hall–Kier alpha value is -1.56. The first kappa shape index (κ1) is 14.5. The Bertz CT molecular complexity index is 409. The molecule has 2 amide bonds. The molecule has 0 saturated heterocycles. The van der Waals surface area contributed by atoms with Crippen LogP contribution in [0.5, 0.6) is 0 Å². The molecule has 1 heterocycles. The van der Waals surface area contributed by atoms with Crippen molar-refractivity contribution in [1.29, 1.82) is 0 Å². The van der Waals surface area contributed by atoms with Crippen molar-refractivity contribution in [2.24, 2.45) is 5.73 Å². The quantitative estimate of drug-likeness (QED) is 0.873. The maximum absolute atomic E-state index is 11.6. The average molecular weight is 270 g/mol. The first-order valence-electron chi connectivity index (χ1n) is 5.59. The van der Waals surface area contributed by atoms with Crippen molar-refractivity contribution in [3.63, 3.8) is 0 Å². The zero-order chi connectivity index (χ0) is 13.8. The lowest BCUT2D eigenvalue weighted by Crippen LogP contribution is -2.47. The number of rotatable bonds is 4. The first-order chi connectivity index (χ1) is 8.28. The molecule has 0 saturated carbocycles. The van der Waals surface area contributed by atoms with Crippen LogP contribution in [0.4, 0.5) is 4.79 Å². The summed E-state index contributed by atoms with van der Waals surface area (Å²) in [5.41, 5.74) is 4.66. The molecule has 0 unspecified atom stereocenters. The van der Waals surface area contributed by atoms with Crippen LogP contribution in [0.15, 0.2) is 17.5 Å². The van der Waals surface area contributed by atoms with Gasteiger partial charge in [-0.25, -0.2) is 4.79 Å². The molecule has 0 fully saturated rings. The molecule has 1 rings (SSSR count). The molecule has 1 atom stereocenters. The van der Waals surface area contributed by atoms with Gasteiger partial charge in [0, 0.05) is 11.3 Å². The summed E-state index contributed by atoms with van der Waals surface area (Å²) in [4.78, 5) is 23.8. The van der Waals surface area contributed by atoms with Gasteiger partial charge in [-0.05, 0) is 32.2 Å². The van der Waals surface area contributed by atoms with E-state index in [4.69, 9.17) is 10.5 Å². The van der Waals surface area contributed by atoms with Gasteiger partial charge < -0.3 is 15.8 Å². The zero-order valence-corrected chi connectivity index (χ0v) is 11.5. The van der Waals surface area contributed by atoms with Crippen molar-refractivity contribution in [2.75, 3.05) is 0 Å². The molecule has 0 bridgehead atoms. The molecule has 100 valence electrons. The number of nitrogens with two attached hydrogens (primary N) is 1. The Morgan fingerprint density at radius 1 is 1.50 bits per heavy atom. The lowest BCUT2D eigenvalue weighted by atomic mass is 10.1. The lowest BCUT2D eigenvalue weighted by molar-refractivity contribution is -0.120. The van der Waals surface area contributed by atoms with Gasteiger partial charge in [0.25, 0.3) is 0 Å². The normalized spacial score (nSPS) is 12.8. The highest BCUT2D eigenvalue weighted by atomic mass is 32.1. The van der Waals surface area contributed by atoms with Crippen LogP contribution in [0.1, 0.15) is 25.6 Å². The van der Waals surface area contributed by atoms with E-state index in [9.17, 15) is 9.59 Å². The van der Waals surface area contributed by atoms with Gasteiger partial charge in [0.05, 0.1) is 0 Å². The van der Waals surface area contributed by atoms with E-state index in [1.54, 1.807) is 20.8 Å². The van der Waals surface area contributed by atoms with Crippen LogP contribution in [0.2, 0.25) is 0 Å². The van der Waals surface area contributed by atoms with E-state index in [2.05, 4.69) is 5.32 Å². The van der Waals surface area contributed by atoms with E-state index in [0.29, 0.717) is 6.42 Å². The molecule has 0 aliphatic rings. The number of hydrogen-bond acceptors (Lipinski definition) is 4. The molecular formula is C12H18N2O3S. The minimum absolute atomic E-state index is 0.381. The highest BCUT2D eigenvalue weighted by Crippen LogP contribution is 2.12. The van der Waals surface area contributed by atoms with E-state index in [1.807, 2.05) is 17.5 Å². The molecule has 6 heteroatoms. The fraction of sp³-hybridized carbons (Fsp3) is 0.500. The Balaban J connectivity index is 2.58. The fourth-order valence-electron chi connectivity index (χ4n) is 1.30. The third kappa shape index (κ3) is 5.18. The summed E-state index contributed by atoms with van der Waals surface area (Å²) < 4.78 is 5.08. The summed E-state index contributed by atoms with van der Waals surface area (Å²) in [6, 6.07) is 3.02. The molecule has 0 aliphatic carbocycles. The third-order valence-electron chi connectivity index (χ3n) is 2.02. The fourth-order valence-corrected chi connectivity index (χ4v) is 2.05. The zero-order valence-electron chi connectivity index (χ0n) is 10.7. The van der Waals surface area contributed by atoms with Crippen molar-refractivity contribution in [3.05, 3.63) is 22.4 Å². The Kier molecular flexibility index (Phi) is 4.72. The van der Waals surface area contributed by atoms with Gasteiger partial charge in [0.1, 0.15) is 11.6 Å². The SMILES string of the molecule is CC(C)(C)OC(=O)N[C@@H](Cc1cccs1)C(N)=O. The van der Waals surface area contributed by atoms with Crippen molar-refractivity contribution < 1.29 is 14.3 Å². The van der Waals surface area contributed by atoms with Crippen LogP contribution in [0.25, 0.3) is 0 Å². The maximum Gasteiger partial charge on any atom is 0.408 e. The molecule has 0 aromatic carbocycles. The smallest absolute Gasteiger partial charge is 0.408 e. The minimum atomic E-state index is -0.751. The second kappa shape index (κ2) is 5.86. The summed E-state index contributed by atoms with van der Waals surface area (Å²) in [7, 11) is 0. The van der Waals surface area contributed by atoms with E-state index < -0.39 is 23.6 Å². The molecule has 18 heavy (non-hydrogen) atoms. The largest absolute Gasteiger partial charge is 0.444 e. The summed E-state index contributed by atoms with van der Waals surface area (Å²) >= 11 is 1.51. The topological polar surface area (TPSA) is 81.4 Å². The Morgan fingerprint density at radius 2 is 2.17 bits per heavy atom. The summed E-state index contributed by atoms with van der Waals surface area (Å²) in [6.07, 6.45) is -0.255. The second-order valence-corrected chi connectivity index (χ2v) is 5.92. The third-order valence-corrected chi connectivity index (χ3v) is 2.92. The first-order valence-corrected chi connectivity index (χ1v) is 6.47. The van der Waals surface area contributed by atoms with Crippen molar-refractivity contribution >= 4 is 23.3 Å². The Labute approximate surface area is 110 Å². The van der Waals surface area contributed by atoms with Crippen molar-refractivity contribution in [1.82, 2.24) is 5.32 Å². The van der Waals surface area contributed by atoms with Crippen LogP contribution in [-0.4, -0.2) is 23.6 Å². The predicted molar refractivity (Wildman–Crippen MR) is 70.4 cm³/mol. The summed E-state index contributed by atoms with van der Waals surface area (Å²) in [5.74, 6) is -0.575. The lowest BCUT2D eigenvalue weighted by Gasteiger charge is -2.22. The van der Waals surface area contributed by atoms with E-state index in [0.717, 1.165) is 4.88 Å². The van der Waals surface area contributed by atoms with Crippen molar-refractivity contribution in [3.8, 4) is 0 Å². The monoisotopic (exact) mass is 270 g/mol. The predicted octanol–water partition coefficient (Wildman–Crippen LogP) is 1.67. The van der Waals surface area contributed by atoms with Gasteiger partial charge in [0.15, 0.2) is 0 Å². The Morgan fingerprint density at radius 3 is 2.61 bits per heavy atom. The van der Waals surface area contributed by atoms with Gasteiger partial charge >= 0.3 is 6.09 Å². The van der Waals surface area contributed by atoms with Crippen molar-refractivity contribution in [2.45, 2.75) is 38.8 Å². The number of thiophene rings is 1. The second-order valence-electron chi connectivity index (χ2n) is 4.88. The van der Waals surface area contributed by atoms with Gasteiger partial charge in [-0.2, -0.15) is 0 Å². The number of nitrogens with one attached hydrogen (secondary N) is 1. The van der Waals surface area contributed by atoms with E-state index in [-0.39, 0.29) is 0 Å². The number of carbonyl (C=O) groups excluding carboxylic acids is 2. The van der Waals surface area contributed by atoms with Gasteiger partial charge in [-0.15, -0.1) is 11.3 Å². The van der Waals surface area contributed by atoms with Crippen LogP contribution < -0.4 is 11.1 Å². The molecule has 3 N–H and O–H groups in total. The average Bonchev–Trinajstić information content (AvgIpc) is 2.66. The minimum Gasteiger partial charge on any atom is -0.444 e. The van der Waals surface area contributed by atoms with Gasteiger partial charge in [0.2, 0.25) is 5.91 Å². The highest BCUT2D eigenvalue weighted by Gasteiger charge is 2.23. The molecule has 1 aromatic heterocycles. The summed E-state index contributed by atoms with van der Waals surface area (Å²) in [6.45, 7) is 5.27. The standard InChI is InChI=1S/C12H18N2O3S/c1-12(2,3)17-11(16)14-9(10(13)15)7-8-5-4-6-18-8/h4-6,9H,7H2,1-3H3,(H2,13,15)(H,14,16)/t9-/m0/s1. The number of ether oxygens (including phenoxy) is 1. The van der Waals surface area contributed by atoms with Crippen LogP contribution in [0, 0.1) is 0 Å². The molecule has 0 spiro atoms. The van der Waals surface area contributed by atoms with Crippen LogP contribution in [-0.2, 0) is 16.0 Å². The number of primary amides is 1. The number of alkyl carbamates (subject to hydrolysis) is 1. The summed E-state index contributed by atoms with van der Waals surface area (Å²) in [5, 5.41) is 4.39. The van der Waals surface area contributed by atoms with Gasteiger partial charge in [-0.1, -0.05) is 6.07 Å². The molecule has 1 aromatic rings. The highest BCUT2D eigenvalue weighted by molar-refractivity contribution is 7.09. The van der Waals surface area contributed by atoms with E-state index >= 15 is 0 Å². The molecule has 0 radical (unpaired) electrons. The van der Waals surface area contributed by atoms with Gasteiger partial charge in [-0.3, -0.25) is 4.79 Å². The van der Waals surface area contributed by atoms with Crippen LogP contribution >= 0.6 is 11.3 Å². The molecule has 5 nitrogen and oxygen atoms in total.